The Bertz CT molecular complexity index is 1790. The number of sulfonamides is 1. The lowest BCUT2D eigenvalue weighted by atomic mass is 10.0. The first kappa shape index (κ1) is 28.5. The van der Waals surface area contributed by atoms with E-state index in [4.69, 9.17) is 0 Å². The summed E-state index contributed by atoms with van der Waals surface area (Å²) < 4.78 is 27.9. The first-order chi connectivity index (χ1) is 20.7. The molecule has 3 aromatic carbocycles. The Balaban J connectivity index is 1.26. The number of hydrogen-bond donors (Lipinski definition) is 2. The molecule has 11 heteroatoms. The summed E-state index contributed by atoms with van der Waals surface area (Å²) in [6, 6.07) is 21.5. The number of rotatable bonds is 8. The predicted molar refractivity (Wildman–Crippen MR) is 159 cm³/mol. The van der Waals surface area contributed by atoms with E-state index >= 15 is 0 Å². The number of benzene rings is 3. The highest BCUT2D eigenvalue weighted by molar-refractivity contribution is 7.88. The van der Waals surface area contributed by atoms with Crippen molar-refractivity contribution in [2.45, 2.75) is 36.7 Å². The second-order valence-electron chi connectivity index (χ2n) is 10.8. The van der Waals surface area contributed by atoms with Gasteiger partial charge in [-0.3, -0.25) is 19.4 Å². The van der Waals surface area contributed by atoms with Crippen molar-refractivity contribution >= 4 is 38.4 Å². The van der Waals surface area contributed by atoms with Crippen LogP contribution in [0, 0.1) is 0 Å². The average molecular weight is 599 g/mol. The summed E-state index contributed by atoms with van der Waals surface area (Å²) >= 11 is 0. The third-order valence-electron chi connectivity index (χ3n) is 8.09. The number of carbonyl (C=O) groups is 3. The van der Waals surface area contributed by atoms with Gasteiger partial charge in [-0.25, -0.2) is 8.42 Å². The molecular formula is C32H30N4O6S. The SMILES string of the molecule is O=C(NC(Cc1ccc(O)cc1)C(=O)N1CCC2C1C(=O)CN2S(=O)(=O)Cc1ccccn1)c1cccc2ccccc12. The highest BCUT2D eigenvalue weighted by Crippen LogP contribution is 2.33. The molecule has 0 bridgehead atoms. The van der Waals surface area contributed by atoms with Crippen LogP contribution in [0.25, 0.3) is 10.8 Å². The predicted octanol–water partition coefficient (Wildman–Crippen LogP) is 2.67. The molecule has 0 spiro atoms. The number of hydrogen-bond acceptors (Lipinski definition) is 7. The minimum atomic E-state index is -3.88. The number of Topliss-reactive ketones (excluding diaryl/α,β-unsaturated/α-hetero) is 1. The molecule has 220 valence electrons. The van der Waals surface area contributed by atoms with E-state index in [0.29, 0.717) is 23.2 Å². The molecule has 0 radical (unpaired) electrons. The number of phenols is 1. The van der Waals surface area contributed by atoms with E-state index < -0.39 is 40.0 Å². The average Bonchev–Trinajstić information content (AvgIpc) is 3.59. The van der Waals surface area contributed by atoms with Gasteiger partial charge in [0.2, 0.25) is 15.9 Å². The zero-order valence-electron chi connectivity index (χ0n) is 23.2. The summed E-state index contributed by atoms with van der Waals surface area (Å²) in [5.41, 5.74) is 1.47. The zero-order chi connectivity index (χ0) is 30.1. The van der Waals surface area contributed by atoms with Crippen molar-refractivity contribution in [1.29, 1.82) is 0 Å². The van der Waals surface area contributed by atoms with E-state index in [9.17, 15) is 27.9 Å². The van der Waals surface area contributed by atoms with Gasteiger partial charge in [0.15, 0.2) is 5.78 Å². The van der Waals surface area contributed by atoms with Gasteiger partial charge in [0.25, 0.3) is 5.91 Å². The smallest absolute Gasteiger partial charge is 0.252 e. The van der Waals surface area contributed by atoms with Gasteiger partial charge in [-0.1, -0.05) is 54.6 Å². The van der Waals surface area contributed by atoms with Crippen LogP contribution in [0.2, 0.25) is 0 Å². The van der Waals surface area contributed by atoms with Gasteiger partial charge < -0.3 is 15.3 Å². The molecule has 0 aliphatic carbocycles. The number of pyridine rings is 1. The number of amides is 2. The third-order valence-corrected chi connectivity index (χ3v) is 9.86. The topological polar surface area (TPSA) is 137 Å². The summed E-state index contributed by atoms with van der Waals surface area (Å²) in [6.45, 7) is -0.148. The van der Waals surface area contributed by atoms with Crippen molar-refractivity contribution in [2.24, 2.45) is 0 Å². The molecule has 4 aromatic rings. The lowest BCUT2D eigenvalue weighted by Gasteiger charge is -2.28. The fraction of sp³-hybridized carbons (Fsp3) is 0.250. The maximum absolute atomic E-state index is 14.1. The van der Waals surface area contributed by atoms with Gasteiger partial charge in [0.05, 0.1) is 18.3 Å². The lowest BCUT2D eigenvalue weighted by Crippen LogP contribution is -2.53. The molecule has 3 atom stereocenters. The fourth-order valence-electron chi connectivity index (χ4n) is 6.06. The number of nitrogens with one attached hydrogen (secondary N) is 1. The number of aromatic nitrogens is 1. The van der Waals surface area contributed by atoms with Gasteiger partial charge in [0, 0.05) is 24.7 Å². The number of fused-ring (bicyclic) bond motifs is 2. The Morgan fingerprint density at radius 3 is 2.49 bits per heavy atom. The van der Waals surface area contributed by atoms with Crippen molar-refractivity contribution in [3.8, 4) is 5.75 Å². The monoisotopic (exact) mass is 598 g/mol. The molecule has 2 saturated heterocycles. The standard InChI is InChI=1S/C32H30N4O6S/c37-24-13-11-21(12-14-24)18-27(34-31(39)26-10-5-7-22-6-1-2-9-25(22)26)32(40)35-17-15-28-30(35)29(38)19-36(28)43(41,42)20-23-8-3-4-16-33-23/h1-14,16,27-28,30,37H,15,17-20H2,(H,34,39). The van der Waals surface area contributed by atoms with Gasteiger partial charge >= 0.3 is 0 Å². The maximum Gasteiger partial charge on any atom is 0.252 e. The molecule has 43 heavy (non-hydrogen) atoms. The second-order valence-corrected chi connectivity index (χ2v) is 12.8. The van der Waals surface area contributed by atoms with E-state index in [2.05, 4.69) is 10.3 Å². The number of likely N-dealkylation sites (tertiary alicyclic amines) is 1. The highest BCUT2D eigenvalue weighted by Gasteiger charge is 2.54. The summed E-state index contributed by atoms with van der Waals surface area (Å²) in [7, 11) is -3.88. The quantitative estimate of drug-likeness (QED) is 0.318. The van der Waals surface area contributed by atoms with Crippen LogP contribution in [-0.2, 0) is 31.8 Å². The van der Waals surface area contributed by atoms with E-state index in [0.717, 1.165) is 10.8 Å². The second kappa shape index (κ2) is 11.6. The van der Waals surface area contributed by atoms with Gasteiger partial charge in [-0.15, -0.1) is 0 Å². The zero-order valence-corrected chi connectivity index (χ0v) is 24.0. The van der Waals surface area contributed by atoms with Crippen LogP contribution in [0.15, 0.2) is 91.1 Å². The molecule has 2 fully saturated rings. The van der Waals surface area contributed by atoms with Gasteiger partial charge in [-0.05, 0) is 53.1 Å². The minimum Gasteiger partial charge on any atom is -0.508 e. The molecule has 3 unspecified atom stereocenters. The van der Waals surface area contributed by atoms with Crippen LogP contribution < -0.4 is 5.32 Å². The van der Waals surface area contributed by atoms with E-state index in [-0.39, 0.29) is 36.8 Å². The summed E-state index contributed by atoms with van der Waals surface area (Å²) in [5.74, 6) is -1.54. The Morgan fingerprint density at radius 1 is 0.977 bits per heavy atom. The summed E-state index contributed by atoms with van der Waals surface area (Å²) in [5, 5.41) is 14.2. The molecule has 2 aliphatic rings. The number of aromatic hydroxyl groups is 1. The van der Waals surface area contributed by atoms with E-state index in [1.807, 2.05) is 30.3 Å². The molecular weight excluding hydrogens is 568 g/mol. The Hall–Kier alpha value is -4.61. The molecule has 2 N–H and O–H groups in total. The van der Waals surface area contributed by atoms with Crippen LogP contribution in [-0.4, -0.2) is 76.5 Å². The number of carbonyl (C=O) groups excluding carboxylic acids is 3. The van der Waals surface area contributed by atoms with E-state index in [1.54, 1.807) is 42.5 Å². The lowest BCUT2D eigenvalue weighted by molar-refractivity contribution is -0.138. The normalized spacial score (nSPS) is 19.3. The minimum absolute atomic E-state index is 0.0670. The Kier molecular flexibility index (Phi) is 7.68. The molecule has 2 aliphatic heterocycles. The molecule has 2 amide bonds. The first-order valence-electron chi connectivity index (χ1n) is 14.0. The van der Waals surface area contributed by atoms with Crippen LogP contribution in [0.5, 0.6) is 5.75 Å². The number of ketones is 1. The third kappa shape index (κ3) is 5.73. The molecule has 6 rings (SSSR count). The number of nitrogens with zero attached hydrogens (tertiary/aromatic N) is 3. The molecule has 0 saturated carbocycles. The largest absolute Gasteiger partial charge is 0.508 e. The molecule has 10 nitrogen and oxygen atoms in total. The van der Waals surface area contributed by atoms with Crippen molar-refractivity contribution in [2.75, 3.05) is 13.1 Å². The van der Waals surface area contributed by atoms with Crippen LogP contribution in [0.4, 0.5) is 0 Å². The molecule has 3 heterocycles. The van der Waals surface area contributed by atoms with Crippen molar-refractivity contribution in [3.63, 3.8) is 0 Å². The van der Waals surface area contributed by atoms with Gasteiger partial charge in [0.1, 0.15) is 23.6 Å². The Morgan fingerprint density at radius 2 is 1.72 bits per heavy atom. The first-order valence-corrected chi connectivity index (χ1v) is 15.6. The van der Waals surface area contributed by atoms with Crippen LogP contribution in [0.1, 0.15) is 28.0 Å². The van der Waals surface area contributed by atoms with Crippen molar-refractivity contribution in [1.82, 2.24) is 19.5 Å². The van der Waals surface area contributed by atoms with Crippen LogP contribution >= 0.6 is 0 Å². The Labute approximate surface area is 249 Å². The van der Waals surface area contributed by atoms with Gasteiger partial charge in [-0.2, -0.15) is 4.31 Å². The maximum atomic E-state index is 14.1. The van der Waals surface area contributed by atoms with E-state index in [1.165, 1.54) is 27.5 Å². The molecule has 1 aromatic heterocycles. The van der Waals surface area contributed by atoms with Crippen molar-refractivity contribution in [3.05, 3.63) is 108 Å². The summed E-state index contributed by atoms with van der Waals surface area (Å²) in [6.07, 6.45) is 1.92. The van der Waals surface area contributed by atoms with Crippen molar-refractivity contribution < 1.29 is 27.9 Å². The highest BCUT2D eigenvalue weighted by atomic mass is 32.2. The number of phenolic OH excluding ortho intramolecular Hbond substituents is 1. The summed E-state index contributed by atoms with van der Waals surface area (Å²) in [4.78, 5) is 46.5. The fourth-order valence-corrected chi connectivity index (χ4v) is 7.73. The van der Waals surface area contributed by atoms with Crippen LogP contribution in [0.3, 0.4) is 0 Å².